The largest absolute Gasteiger partial charge is 0.323 e. The molecule has 98 valence electrons. The molecular formula is C14H21N3O. The molecule has 0 bridgehead atoms. The van der Waals surface area contributed by atoms with Crippen molar-refractivity contribution in [1.82, 2.24) is 10.2 Å². The lowest BCUT2D eigenvalue weighted by atomic mass is 9.98. The highest BCUT2D eigenvalue weighted by Crippen LogP contribution is 2.27. The first-order valence-electron chi connectivity index (χ1n) is 6.48. The molecule has 1 aliphatic heterocycles. The highest BCUT2D eigenvalue weighted by molar-refractivity contribution is 5.92. The first kappa shape index (κ1) is 12.9. The number of anilines is 1. The van der Waals surface area contributed by atoms with Crippen LogP contribution in [-0.4, -0.2) is 25.0 Å². The Labute approximate surface area is 108 Å². The van der Waals surface area contributed by atoms with E-state index in [1.54, 1.807) is 4.90 Å². The van der Waals surface area contributed by atoms with Crippen LogP contribution in [0.4, 0.5) is 10.5 Å². The topological polar surface area (TPSA) is 44.4 Å². The number of carbonyl (C=O) groups is 1. The highest BCUT2D eigenvalue weighted by atomic mass is 16.2. The Morgan fingerprint density at radius 2 is 2.28 bits per heavy atom. The van der Waals surface area contributed by atoms with Crippen molar-refractivity contribution in [3.05, 3.63) is 29.3 Å². The molecule has 2 N–H and O–H groups in total. The number of carbonyl (C=O) groups excluding carboxylic acids is 1. The van der Waals surface area contributed by atoms with E-state index in [-0.39, 0.29) is 6.03 Å². The van der Waals surface area contributed by atoms with Gasteiger partial charge in [-0.3, -0.25) is 0 Å². The van der Waals surface area contributed by atoms with E-state index in [9.17, 15) is 4.79 Å². The fourth-order valence-electron chi connectivity index (χ4n) is 2.39. The molecule has 1 atom stereocenters. The van der Waals surface area contributed by atoms with Crippen molar-refractivity contribution < 1.29 is 4.79 Å². The van der Waals surface area contributed by atoms with Gasteiger partial charge < -0.3 is 15.5 Å². The molecule has 18 heavy (non-hydrogen) atoms. The maximum atomic E-state index is 11.5. The molecule has 0 aromatic heterocycles. The van der Waals surface area contributed by atoms with Gasteiger partial charge in [0.15, 0.2) is 0 Å². The molecule has 0 saturated heterocycles. The van der Waals surface area contributed by atoms with E-state index in [0.29, 0.717) is 12.6 Å². The number of fused-ring (bicyclic) bond motifs is 1. The monoisotopic (exact) mass is 247 g/mol. The molecule has 1 unspecified atom stereocenters. The van der Waals surface area contributed by atoms with Crippen LogP contribution < -0.4 is 10.6 Å². The van der Waals surface area contributed by atoms with E-state index in [0.717, 1.165) is 18.5 Å². The molecule has 2 rings (SSSR count). The van der Waals surface area contributed by atoms with E-state index in [1.165, 1.54) is 11.1 Å². The van der Waals surface area contributed by atoms with E-state index < -0.39 is 0 Å². The van der Waals surface area contributed by atoms with E-state index in [2.05, 4.69) is 29.7 Å². The highest BCUT2D eigenvalue weighted by Gasteiger charge is 2.20. The maximum Gasteiger partial charge on any atom is 0.321 e. The summed E-state index contributed by atoms with van der Waals surface area (Å²) in [4.78, 5) is 13.2. The first-order chi connectivity index (χ1) is 8.65. The van der Waals surface area contributed by atoms with Crippen molar-refractivity contribution in [3.63, 3.8) is 0 Å². The van der Waals surface area contributed by atoms with Crippen molar-refractivity contribution >= 4 is 11.7 Å². The minimum Gasteiger partial charge on any atom is -0.323 e. The lowest BCUT2D eigenvalue weighted by Gasteiger charge is -2.27. The van der Waals surface area contributed by atoms with Crippen molar-refractivity contribution in [2.24, 2.45) is 0 Å². The van der Waals surface area contributed by atoms with Crippen LogP contribution in [0.5, 0.6) is 0 Å². The van der Waals surface area contributed by atoms with Gasteiger partial charge in [0.05, 0.1) is 0 Å². The minimum absolute atomic E-state index is 0.0334. The van der Waals surface area contributed by atoms with Crippen LogP contribution in [0.2, 0.25) is 0 Å². The summed E-state index contributed by atoms with van der Waals surface area (Å²) in [6, 6.07) is 6.66. The van der Waals surface area contributed by atoms with Crippen LogP contribution in [0.3, 0.4) is 0 Å². The number of hydrogen-bond donors (Lipinski definition) is 2. The number of hydrogen-bond acceptors (Lipinski definition) is 2. The quantitative estimate of drug-likeness (QED) is 0.859. The normalized spacial score (nSPS) is 16.2. The van der Waals surface area contributed by atoms with Gasteiger partial charge in [-0.2, -0.15) is 0 Å². The summed E-state index contributed by atoms with van der Waals surface area (Å²) in [5, 5.41) is 6.24. The third-order valence-electron chi connectivity index (χ3n) is 3.45. The minimum atomic E-state index is -0.0334. The maximum absolute atomic E-state index is 11.5. The predicted molar refractivity (Wildman–Crippen MR) is 73.6 cm³/mol. The van der Waals surface area contributed by atoms with Gasteiger partial charge in [0.1, 0.15) is 0 Å². The smallest absolute Gasteiger partial charge is 0.321 e. The van der Waals surface area contributed by atoms with Crippen molar-refractivity contribution in [3.8, 4) is 0 Å². The van der Waals surface area contributed by atoms with Crippen LogP contribution in [0, 0.1) is 0 Å². The molecule has 1 aliphatic rings. The Morgan fingerprint density at radius 3 is 2.94 bits per heavy atom. The lowest BCUT2D eigenvalue weighted by Crippen LogP contribution is -2.35. The van der Waals surface area contributed by atoms with Crippen molar-refractivity contribution in [1.29, 1.82) is 0 Å². The summed E-state index contributed by atoms with van der Waals surface area (Å²) in [7, 11) is 3.81. The van der Waals surface area contributed by atoms with Gasteiger partial charge >= 0.3 is 6.03 Å². The molecule has 2 amide bonds. The Morgan fingerprint density at radius 1 is 1.50 bits per heavy atom. The molecule has 0 saturated carbocycles. The predicted octanol–water partition coefficient (Wildman–Crippen LogP) is 2.72. The zero-order chi connectivity index (χ0) is 13.1. The summed E-state index contributed by atoms with van der Waals surface area (Å²) in [5.74, 6) is 0. The third-order valence-corrected chi connectivity index (χ3v) is 3.45. The number of amides is 2. The molecule has 1 heterocycles. The summed E-state index contributed by atoms with van der Waals surface area (Å²) < 4.78 is 0. The summed E-state index contributed by atoms with van der Waals surface area (Å²) in [6.07, 6.45) is 2.27. The van der Waals surface area contributed by atoms with Crippen molar-refractivity contribution in [2.75, 3.05) is 19.4 Å². The van der Waals surface area contributed by atoms with Crippen LogP contribution in [0.25, 0.3) is 0 Å². The van der Waals surface area contributed by atoms with Crippen molar-refractivity contribution in [2.45, 2.75) is 32.4 Å². The lowest BCUT2D eigenvalue weighted by molar-refractivity contribution is 0.218. The molecule has 0 aliphatic carbocycles. The Hall–Kier alpha value is -1.55. The SMILES string of the molecule is CCCC(NC)c1ccc2c(c1)CN(C)C(=O)N2. The number of nitrogens with one attached hydrogen (secondary N) is 2. The Balaban J connectivity index is 2.26. The van der Waals surface area contributed by atoms with Gasteiger partial charge in [-0.25, -0.2) is 4.79 Å². The molecular weight excluding hydrogens is 226 g/mol. The van der Waals surface area contributed by atoms with Gasteiger partial charge in [0.2, 0.25) is 0 Å². The zero-order valence-corrected chi connectivity index (χ0v) is 11.3. The second-order valence-electron chi connectivity index (χ2n) is 4.83. The van der Waals surface area contributed by atoms with E-state index in [4.69, 9.17) is 0 Å². The molecule has 4 heteroatoms. The standard InChI is InChI=1S/C14H21N3O/c1-4-5-12(15-2)10-6-7-13-11(8-10)9-17(3)14(18)16-13/h6-8,12,15H,4-5,9H2,1-3H3,(H,16,18). The van der Waals surface area contributed by atoms with Gasteiger partial charge in [-0.05, 0) is 30.7 Å². The number of benzene rings is 1. The number of urea groups is 1. The molecule has 0 radical (unpaired) electrons. The third kappa shape index (κ3) is 2.48. The Kier molecular flexibility index (Phi) is 3.87. The fraction of sp³-hybridized carbons (Fsp3) is 0.500. The molecule has 4 nitrogen and oxygen atoms in total. The summed E-state index contributed by atoms with van der Waals surface area (Å²) in [6.45, 7) is 2.87. The fourth-order valence-corrected chi connectivity index (χ4v) is 2.39. The van der Waals surface area contributed by atoms with Crippen LogP contribution >= 0.6 is 0 Å². The van der Waals surface area contributed by atoms with E-state index in [1.807, 2.05) is 20.2 Å². The number of rotatable bonds is 4. The Bertz CT molecular complexity index is 445. The van der Waals surface area contributed by atoms with Crippen LogP contribution in [-0.2, 0) is 6.54 Å². The average molecular weight is 247 g/mol. The second kappa shape index (κ2) is 5.40. The summed E-state index contributed by atoms with van der Waals surface area (Å²) >= 11 is 0. The second-order valence-corrected chi connectivity index (χ2v) is 4.83. The van der Waals surface area contributed by atoms with Gasteiger partial charge in [0.25, 0.3) is 0 Å². The van der Waals surface area contributed by atoms with Gasteiger partial charge in [0, 0.05) is 25.3 Å². The molecule has 0 fully saturated rings. The van der Waals surface area contributed by atoms with E-state index >= 15 is 0 Å². The molecule has 0 spiro atoms. The zero-order valence-electron chi connectivity index (χ0n) is 11.3. The molecule has 1 aromatic carbocycles. The first-order valence-corrected chi connectivity index (χ1v) is 6.48. The van der Waals surface area contributed by atoms with Crippen LogP contribution in [0.15, 0.2) is 18.2 Å². The number of nitrogens with zero attached hydrogens (tertiary/aromatic N) is 1. The van der Waals surface area contributed by atoms with Gasteiger partial charge in [-0.1, -0.05) is 25.5 Å². The molecule has 1 aromatic rings. The average Bonchev–Trinajstić information content (AvgIpc) is 2.37. The van der Waals surface area contributed by atoms with Gasteiger partial charge in [-0.15, -0.1) is 0 Å². The van der Waals surface area contributed by atoms with Crippen LogP contribution in [0.1, 0.15) is 36.9 Å². The summed E-state index contributed by atoms with van der Waals surface area (Å²) in [5.41, 5.74) is 3.42.